The molecule has 0 amide bonds. The normalized spacial score (nSPS) is 12.1. The lowest BCUT2D eigenvalue weighted by molar-refractivity contribution is -0.166. The Morgan fingerprint density at radius 2 is 2.00 bits per heavy atom. The van der Waals surface area contributed by atoms with Crippen molar-refractivity contribution in [1.82, 2.24) is 0 Å². The number of ether oxygens (including phenoxy) is 1. The zero-order valence-electron chi connectivity index (χ0n) is 8.44. The molecule has 0 fully saturated rings. The monoisotopic (exact) mass is 230 g/mol. The lowest BCUT2D eigenvalue weighted by Gasteiger charge is -2.14. The summed E-state index contributed by atoms with van der Waals surface area (Å²) in [6, 6.07) is 0. The summed E-state index contributed by atoms with van der Waals surface area (Å²) >= 11 is 0. The van der Waals surface area contributed by atoms with Crippen LogP contribution in [0.1, 0.15) is 26.2 Å². The van der Waals surface area contributed by atoms with Gasteiger partial charge in [0, 0.05) is 19.4 Å². The number of rotatable bonds is 8. The summed E-state index contributed by atoms with van der Waals surface area (Å²) in [4.78, 5) is 10.8. The minimum Gasteiger partial charge on any atom is -0.375 e. The van der Waals surface area contributed by atoms with Crippen LogP contribution in [-0.2, 0) is 9.53 Å². The van der Waals surface area contributed by atoms with E-state index in [1.165, 1.54) is 0 Å². The van der Waals surface area contributed by atoms with Crippen molar-refractivity contribution in [1.29, 1.82) is 0 Å². The van der Waals surface area contributed by atoms with E-state index >= 15 is 0 Å². The zero-order valence-corrected chi connectivity index (χ0v) is 8.44. The van der Waals surface area contributed by atoms with Crippen LogP contribution in [0.4, 0.5) is 17.6 Å². The van der Waals surface area contributed by atoms with E-state index in [9.17, 15) is 22.4 Å². The van der Waals surface area contributed by atoms with Gasteiger partial charge < -0.3 is 4.74 Å². The van der Waals surface area contributed by atoms with Gasteiger partial charge in [-0.25, -0.2) is 8.78 Å². The third-order valence-electron chi connectivity index (χ3n) is 1.75. The van der Waals surface area contributed by atoms with Crippen LogP contribution in [0.5, 0.6) is 0 Å². The molecule has 0 aliphatic rings. The zero-order chi connectivity index (χ0) is 11.9. The molecule has 15 heavy (non-hydrogen) atoms. The van der Waals surface area contributed by atoms with Gasteiger partial charge in [0.2, 0.25) is 0 Å². The van der Waals surface area contributed by atoms with Crippen LogP contribution in [-0.4, -0.2) is 31.3 Å². The highest BCUT2D eigenvalue weighted by molar-refractivity contribution is 5.77. The molecule has 0 N–H and O–H groups in total. The predicted octanol–water partition coefficient (Wildman–Crippen LogP) is 2.66. The van der Waals surface area contributed by atoms with Crippen LogP contribution in [0, 0.1) is 0 Å². The van der Waals surface area contributed by atoms with Gasteiger partial charge in [-0.1, -0.05) is 6.92 Å². The van der Waals surface area contributed by atoms with Gasteiger partial charge >= 0.3 is 12.3 Å². The van der Waals surface area contributed by atoms with E-state index in [4.69, 9.17) is 0 Å². The molecular weight excluding hydrogens is 216 g/mol. The van der Waals surface area contributed by atoms with E-state index in [2.05, 4.69) is 4.74 Å². The van der Waals surface area contributed by atoms with Crippen molar-refractivity contribution in [2.75, 3.05) is 13.2 Å². The van der Waals surface area contributed by atoms with Crippen LogP contribution in [0.15, 0.2) is 0 Å². The third-order valence-corrected chi connectivity index (χ3v) is 1.75. The lowest BCUT2D eigenvalue weighted by atomic mass is 10.2. The maximum Gasteiger partial charge on any atom is 0.330 e. The molecule has 0 aromatic rings. The van der Waals surface area contributed by atoms with Gasteiger partial charge in [0.25, 0.3) is 0 Å². The summed E-state index contributed by atoms with van der Waals surface area (Å²) in [5.74, 6) is -4.10. The molecule has 0 aromatic carbocycles. The lowest BCUT2D eigenvalue weighted by Crippen LogP contribution is -2.32. The minimum atomic E-state index is -4.10. The maximum absolute atomic E-state index is 12.3. The van der Waals surface area contributed by atoms with Gasteiger partial charge in [0.1, 0.15) is 12.4 Å². The van der Waals surface area contributed by atoms with E-state index in [1.54, 1.807) is 6.92 Å². The van der Waals surface area contributed by atoms with Crippen molar-refractivity contribution in [3.8, 4) is 0 Å². The Hall–Kier alpha value is -0.650. The Kier molecular flexibility index (Phi) is 6.47. The summed E-state index contributed by atoms with van der Waals surface area (Å²) < 4.78 is 52.1. The first-order valence-corrected chi connectivity index (χ1v) is 4.65. The van der Waals surface area contributed by atoms with E-state index in [0.29, 0.717) is 6.42 Å². The Labute approximate surface area is 85.6 Å². The van der Waals surface area contributed by atoms with Crippen LogP contribution >= 0.6 is 0 Å². The van der Waals surface area contributed by atoms with Crippen LogP contribution in [0.2, 0.25) is 0 Å². The molecule has 0 radical (unpaired) electrons. The molecule has 0 saturated heterocycles. The molecule has 0 bridgehead atoms. The number of carbonyl (C=O) groups excluding carboxylic acids is 1. The predicted molar refractivity (Wildman–Crippen MR) is 46.3 cm³/mol. The number of hydrogen-bond donors (Lipinski definition) is 0. The fourth-order valence-electron chi connectivity index (χ4n) is 0.819. The highest BCUT2D eigenvalue weighted by atomic mass is 19.3. The Morgan fingerprint density at radius 1 is 1.40 bits per heavy atom. The number of hydrogen-bond acceptors (Lipinski definition) is 2. The van der Waals surface area contributed by atoms with Gasteiger partial charge in [-0.2, -0.15) is 8.78 Å². The quantitative estimate of drug-likeness (QED) is 0.473. The molecule has 0 atom stereocenters. The molecule has 6 heteroatoms. The molecule has 0 spiro atoms. The van der Waals surface area contributed by atoms with E-state index in [0.717, 1.165) is 0 Å². The van der Waals surface area contributed by atoms with Crippen molar-refractivity contribution in [2.45, 2.75) is 38.5 Å². The topological polar surface area (TPSA) is 26.3 Å². The van der Waals surface area contributed by atoms with Crippen molar-refractivity contribution < 1.29 is 27.1 Å². The molecule has 0 saturated carbocycles. The van der Waals surface area contributed by atoms with E-state index in [-0.39, 0.29) is 25.2 Å². The molecule has 0 aromatic heterocycles. The summed E-state index contributed by atoms with van der Waals surface area (Å²) in [5, 5.41) is 0. The van der Waals surface area contributed by atoms with Gasteiger partial charge in [0.05, 0.1) is 0 Å². The first-order chi connectivity index (χ1) is 6.90. The second kappa shape index (κ2) is 6.76. The summed E-state index contributed by atoms with van der Waals surface area (Å²) in [6.07, 6.45) is -2.81. The molecule has 0 aliphatic heterocycles. The summed E-state index contributed by atoms with van der Waals surface area (Å²) in [6.45, 7) is 0.285. The fraction of sp³-hybridized carbons (Fsp3) is 0.889. The second-order valence-electron chi connectivity index (χ2n) is 3.11. The van der Waals surface area contributed by atoms with E-state index in [1.807, 2.05) is 0 Å². The highest BCUT2D eigenvalue weighted by Crippen LogP contribution is 2.22. The first kappa shape index (κ1) is 14.3. The van der Waals surface area contributed by atoms with Crippen molar-refractivity contribution in [2.24, 2.45) is 0 Å². The number of ketones is 1. The van der Waals surface area contributed by atoms with Crippen molar-refractivity contribution >= 4 is 5.78 Å². The highest BCUT2D eigenvalue weighted by Gasteiger charge is 2.40. The number of alkyl halides is 4. The average Bonchev–Trinajstić information content (AvgIpc) is 2.16. The SMILES string of the molecule is CCC(=O)CCCOCC(F)(F)C(F)F. The Morgan fingerprint density at radius 3 is 2.47 bits per heavy atom. The summed E-state index contributed by atoms with van der Waals surface area (Å²) in [5.41, 5.74) is 0. The smallest absolute Gasteiger partial charge is 0.330 e. The molecule has 0 heterocycles. The average molecular weight is 230 g/mol. The number of halogens is 4. The van der Waals surface area contributed by atoms with Crippen molar-refractivity contribution in [3.05, 3.63) is 0 Å². The maximum atomic E-state index is 12.3. The second-order valence-corrected chi connectivity index (χ2v) is 3.11. The first-order valence-electron chi connectivity index (χ1n) is 4.65. The van der Waals surface area contributed by atoms with Gasteiger partial charge in [-0.05, 0) is 6.42 Å². The third kappa shape index (κ3) is 6.43. The van der Waals surface area contributed by atoms with Crippen LogP contribution in [0.25, 0.3) is 0 Å². The standard InChI is InChI=1S/C9H14F4O2/c1-2-7(14)4-3-5-15-6-9(12,13)8(10)11/h8H,2-6H2,1H3. The fourth-order valence-corrected chi connectivity index (χ4v) is 0.819. The Bertz CT molecular complexity index is 195. The Balaban J connectivity index is 3.50. The molecular formula is C9H14F4O2. The van der Waals surface area contributed by atoms with Crippen LogP contribution in [0.3, 0.4) is 0 Å². The van der Waals surface area contributed by atoms with Gasteiger partial charge in [-0.3, -0.25) is 4.79 Å². The molecule has 0 aliphatic carbocycles. The van der Waals surface area contributed by atoms with Crippen LogP contribution < -0.4 is 0 Å². The van der Waals surface area contributed by atoms with Crippen molar-refractivity contribution in [3.63, 3.8) is 0 Å². The summed E-state index contributed by atoms with van der Waals surface area (Å²) in [7, 11) is 0. The van der Waals surface area contributed by atoms with Gasteiger partial charge in [-0.15, -0.1) is 0 Å². The minimum absolute atomic E-state index is 0.000722. The number of Topliss-reactive ketones (excluding diaryl/α,β-unsaturated/α-hetero) is 1. The van der Waals surface area contributed by atoms with E-state index < -0.39 is 19.0 Å². The molecule has 2 nitrogen and oxygen atoms in total. The molecule has 0 rings (SSSR count). The largest absolute Gasteiger partial charge is 0.375 e. The molecule has 90 valence electrons. The van der Waals surface area contributed by atoms with Gasteiger partial charge in [0.15, 0.2) is 0 Å². The molecule has 0 unspecified atom stereocenters. The number of carbonyl (C=O) groups is 1.